The molecular formula is C12H24O2. The summed E-state index contributed by atoms with van der Waals surface area (Å²) in [7, 11) is 0. The number of hydrogen-bond donors (Lipinski definition) is 0. The van der Waals surface area contributed by atoms with Crippen molar-refractivity contribution in [2.24, 2.45) is 0 Å². The van der Waals surface area contributed by atoms with Crippen LogP contribution in [0.4, 0.5) is 0 Å². The zero-order valence-electron chi connectivity index (χ0n) is 9.79. The van der Waals surface area contributed by atoms with E-state index < -0.39 is 0 Å². The molecule has 2 aliphatic rings. The molecule has 2 fully saturated rings. The van der Waals surface area contributed by atoms with Crippen molar-refractivity contribution in [1.29, 1.82) is 0 Å². The average molecular weight is 200 g/mol. The van der Waals surface area contributed by atoms with E-state index in [1.807, 2.05) is 0 Å². The molecule has 0 aliphatic carbocycles. The molecule has 3 atom stereocenters. The van der Waals surface area contributed by atoms with Crippen molar-refractivity contribution in [1.82, 2.24) is 0 Å². The summed E-state index contributed by atoms with van der Waals surface area (Å²) in [5, 5.41) is 0. The Kier molecular flexibility index (Phi) is 5.49. The summed E-state index contributed by atoms with van der Waals surface area (Å²) in [5.41, 5.74) is 0. The molecule has 0 saturated carbocycles. The minimum Gasteiger partial charge on any atom is -0.373 e. The molecule has 0 aromatic heterocycles. The summed E-state index contributed by atoms with van der Waals surface area (Å²) in [5.74, 6) is 0. The van der Waals surface area contributed by atoms with Crippen LogP contribution in [0.5, 0.6) is 0 Å². The van der Waals surface area contributed by atoms with Gasteiger partial charge in [0.2, 0.25) is 0 Å². The van der Waals surface area contributed by atoms with Crippen molar-refractivity contribution in [3.05, 3.63) is 0 Å². The molecule has 0 spiro atoms. The van der Waals surface area contributed by atoms with Gasteiger partial charge in [0.1, 0.15) is 0 Å². The lowest BCUT2D eigenvalue weighted by Crippen LogP contribution is -1.85. The van der Waals surface area contributed by atoms with Gasteiger partial charge in [-0.15, -0.1) is 0 Å². The van der Waals surface area contributed by atoms with Gasteiger partial charge in [-0.2, -0.15) is 0 Å². The van der Waals surface area contributed by atoms with Gasteiger partial charge in [-0.25, -0.2) is 0 Å². The molecule has 2 heteroatoms. The molecule has 2 heterocycles. The van der Waals surface area contributed by atoms with Crippen molar-refractivity contribution in [2.75, 3.05) is 6.61 Å². The van der Waals surface area contributed by atoms with Crippen LogP contribution in [0.1, 0.15) is 52.9 Å². The van der Waals surface area contributed by atoms with Crippen LogP contribution in [0.3, 0.4) is 0 Å². The Hall–Kier alpha value is -0.0800. The van der Waals surface area contributed by atoms with Gasteiger partial charge in [0.25, 0.3) is 0 Å². The molecule has 2 saturated heterocycles. The van der Waals surface area contributed by atoms with Crippen LogP contribution in [-0.2, 0) is 9.47 Å². The van der Waals surface area contributed by atoms with Crippen LogP contribution in [0.15, 0.2) is 0 Å². The lowest BCUT2D eigenvalue weighted by molar-refractivity contribution is 0.369. The Balaban J connectivity index is 0.000000140. The zero-order valence-corrected chi connectivity index (χ0v) is 9.79. The molecule has 84 valence electrons. The normalized spacial score (nSPS) is 33.2. The first-order chi connectivity index (χ1) is 6.77. The topological polar surface area (TPSA) is 25.1 Å². The minimum atomic E-state index is 0.569. The first kappa shape index (κ1) is 12.0. The Bertz CT molecular complexity index is 143. The van der Waals surface area contributed by atoms with Crippen LogP contribution in [0.2, 0.25) is 0 Å². The third-order valence-corrected chi connectivity index (χ3v) is 2.69. The van der Waals surface area contributed by atoms with Crippen LogP contribution in [-0.4, -0.2) is 24.9 Å². The molecule has 0 amide bonds. The van der Waals surface area contributed by atoms with Crippen molar-refractivity contribution in [3.8, 4) is 0 Å². The molecule has 2 aliphatic heterocycles. The van der Waals surface area contributed by atoms with E-state index in [2.05, 4.69) is 20.8 Å². The van der Waals surface area contributed by atoms with Crippen molar-refractivity contribution >= 4 is 0 Å². The van der Waals surface area contributed by atoms with Gasteiger partial charge in [0.15, 0.2) is 0 Å². The molecule has 0 aromatic carbocycles. The first-order valence-electron chi connectivity index (χ1n) is 6.05. The van der Waals surface area contributed by atoms with E-state index in [0.29, 0.717) is 18.3 Å². The molecule has 2 rings (SSSR count). The maximum atomic E-state index is 5.16. The predicted molar refractivity (Wildman–Crippen MR) is 58.5 cm³/mol. The molecular weight excluding hydrogens is 176 g/mol. The van der Waals surface area contributed by atoms with Crippen LogP contribution in [0.25, 0.3) is 0 Å². The fourth-order valence-corrected chi connectivity index (χ4v) is 1.48. The van der Waals surface area contributed by atoms with E-state index in [1.54, 1.807) is 0 Å². The third kappa shape index (κ3) is 5.61. The fourth-order valence-electron chi connectivity index (χ4n) is 1.48. The predicted octanol–water partition coefficient (Wildman–Crippen LogP) is 3.15. The monoisotopic (exact) mass is 200 g/mol. The Labute approximate surface area is 88.0 Å². The number of ether oxygens (including phenoxy) is 2. The van der Waals surface area contributed by atoms with E-state index in [4.69, 9.17) is 9.47 Å². The smallest absolute Gasteiger partial charge is 0.0838 e. The van der Waals surface area contributed by atoms with Crippen LogP contribution < -0.4 is 0 Å². The van der Waals surface area contributed by atoms with Crippen molar-refractivity contribution in [2.45, 2.75) is 71.2 Å². The maximum Gasteiger partial charge on any atom is 0.0838 e. The Morgan fingerprint density at radius 3 is 2.07 bits per heavy atom. The summed E-state index contributed by atoms with van der Waals surface area (Å²) in [6, 6.07) is 0. The van der Waals surface area contributed by atoms with Crippen molar-refractivity contribution in [3.63, 3.8) is 0 Å². The second-order valence-corrected chi connectivity index (χ2v) is 4.27. The van der Waals surface area contributed by atoms with Crippen LogP contribution in [0, 0.1) is 0 Å². The number of rotatable bonds is 5. The second kappa shape index (κ2) is 6.41. The molecule has 3 unspecified atom stereocenters. The van der Waals surface area contributed by atoms with E-state index in [0.717, 1.165) is 6.61 Å². The fraction of sp³-hybridized carbons (Fsp3) is 1.00. The average Bonchev–Trinajstić information content (AvgIpc) is 3.04. The van der Waals surface area contributed by atoms with Gasteiger partial charge in [-0.05, 0) is 19.8 Å². The van der Waals surface area contributed by atoms with Gasteiger partial charge in [-0.3, -0.25) is 0 Å². The molecule has 0 aromatic rings. The van der Waals surface area contributed by atoms with Gasteiger partial charge in [0.05, 0.1) is 24.9 Å². The highest BCUT2D eigenvalue weighted by Gasteiger charge is 2.32. The Morgan fingerprint density at radius 2 is 1.79 bits per heavy atom. The van der Waals surface area contributed by atoms with E-state index in [9.17, 15) is 0 Å². The minimum absolute atomic E-state index is 0.569. The molecule has 0 N–H and O–H groups in total. The third-order valence-electron chi connectivity index (χ3n) is 2.69. The lowest BCUT2D eigenvalue weighted by atomic mass is 10.2. The number of unbranched alkanes of at least 4 members (excludes halogenated alkanes) is 1. The summed E-state index contributed by atoms with van der Waals surface area (Å²) in [6.07, 6.45) is 8.28. The Morgan fingerprint density at radius 1 is 1.14 bits per heavy atom. The standard InChI is InChI=1S/2C6H12O/c1-3-4-6-5(2)7-6;1-2-3-4-6-5-7-6/h5-6H,3-4H2,1-2H3;6H,2-5H2,1H3. The molecule has 0 radical (unpaired) electrons. The first-order valence-corrected chi connectivity index (χ1v) is 6.05. The highest BCUT2D eigenvalue weighted by atomic mass is 16.6. The maximum absolute atomic E-state index is 5.16. The van der Waals surface area contributed by atoms with E-state index >= 15 is 0 Å². The van der Waals surface area contributed by atoms with Crippen molar-refractivity contribution < 1.29 is 9.47 Å². The number of hydrogen-bond acceptors (Lipinski definition) is 2. The van der Waals surface area contributed by atoms with E-state index in [-0.39, 0.29) is 0 Å². The SMILES string of the molecule is CCCC1OC1C.CCCCC1CO1. The molecule has 0 bridgehead atoms. The highest BCUT2D eigenvalue weighted by Crippen LogP contribution is 2.24. The molecule has 2 nitrogen and oxygen atoms in total. The summed E-state index contributed by atoms with van der Waals surface area (Å²) in [4.78, 5) is 0. The number of epoxide rings is 2. The largest absolute Gasteiger partial charge is 0.373 e. The second-order valence-electron chi connectivity index (χ2n) is 4.27. The lowest BCUT2D eigenvalue weighted by Gasteiger charge is -1.86. The van der Waals surface area contributed by atoms with Gasteiger partial charge in [-0.1, -0.05) is 33.1 Å². The summed E-state index contributed by atoms with van der Waals surface area (Å²) in [6.45, 7) is 7.55. The van der Waals surface area contributed by atoms with Gasteiger partial charge >= 0.3 is 0 Å². The quantitative estimate of drug-likeness (QED) is 0.637. The highest BCUT2D eigenvalue weighted by molar-refractivity contribution is 4.78. The van der Waals surface area contributed by atoms with E-state index in [1.165, 1.54) is 32.1 Å². The summed E-state index contributed by atoms with van der Waals surface area (Å²) < 4.78 is 10.2. The zero-order chi connectivity index (χ0) is 10.4. The summed E-state index contributed by atoms with van der Waals surface area (Å²) >= 11 is 0. The van der Waals surface area contributed by atoms with Gasteiger partial charge < -0.3 is 9.47 Å². The van der Waals surface area contributed by atoms with Crippen LogP contribution >= 0.6 is 0 Å². The molecule has 14 heavy (non-hydrogen) atoms. The van der Waals surface area contributed by atoms with Gasteiger partial charge in [0, 0.05) is 0 Å².